The molecule has 7 nitrogen and oxygen atoms in total. The first-order chi connectivity index (χ1) is 13.1. The Labute approximate surface area is 158 Å². The fourth-order valence-corrected chi connectivity index (χ4v) is 3.11. The van der Waals surface area contributed by atoms with Gasteiger partial charge >= 0.3 is 0 Å². The third-order valence-electron chi connectivity index (χ3n) is 4.58. The summed E-state index contributed by atoms with van der Waals surface area (Å²) in [7, 11) is 3.10. The fourth-order valence-electron chi connectivity index (χ4n) is 3.11. The molecule has 142 valence electrons. The Morgan fingerprint density at radius 1 is 0.889 bits per heavy atom. The van der Waals surface area contributed by atoms with E-state index in [0.717, 1.165) is 6.42 Å². The number of pyridine rings is 1. The number of nitrogens with zero attached hydrogens (tertiary/aromatic N) is 3. The molecule has 2 heterocycles. The summed E-state index contributed by atoms with van der Waals surface area (Å²) in [5.41, 5.74) is 1.08. The maximum Gasteiger partial charge on any atom is 0.255 e. The van der Waals surface area contributed by atoms with Gasteiger partial charge in [-0.25, -0.2) is 0 Å². The van der Waals surface area contributed by atoms with Crippen LogP contribution in [0, 0.1) is 0 Å². The van der Waals surface area contributed by atoms with Gasteiger partial charge in [0.15, 0.2) is 0 Å². The van der Waals surface area contributed by atoms with Crippen LogP contribution in [0.3, 0.4) is 0 Å². The smallest absolute Gasteiger partial charge is 0.255 e. The van der Waals surface area contributed by atoms with E-state index < -0.39 is 0 Å². The summed E-state index contributed by atoms with van der Waals surface area (Å²) in [4.78, 5) is 33.1. The van der Waals surface area contributed by atoms with Crippen LogP contribution in [0.15, 0.2) is 42.7 Å². The van der Waals surface area contributed by atoms with E-state index in [9.17, 15) is 9.59 Å². The van der Waals surface area contributed by atoms with Crippen LogP contribution in [-0.2, 0) is 0 Å². The van der Waals surface area contributed by atoms with Crippen molar-refractivity contribution in [3.63, 3.8) is 0 Å². The molecule has 1 aliphatic rings. The van der Waals surface area contributed by atoms with E-state index in [4.69, 9.17) is 9.47 Å². The molecule has 0 unspecified atom stereocenters. The monoisotopic (exact) mass is 369 g/mol. The van der Waals surface area contributed by atoms with E-state index in [1.165, 1.54) is 0 Å². The summed E-state index contributed by atoms with van der Waals surface area (Å²) < 4.78 is 10.5. The summed E-state index contributed by atoms with van der Waals surface area (Å²) in [5.74, 6) is 0.991. The highest BCUT2D eigenvalue weighted by Crippen LogP contribution is 2.24. The van der Waals surface area contributed by atoms with Crippen LogP contribution < -0.4 is 9.47 Å². The number of ether oxygens (including phenoxy) is 2. The first kappa shape index (κ1) is 18.7. The van der Waals surface area contributed by atoms with E-state index in [0.29, 0.717) is 48.8 Å². The van der Waals surface area contributed by atoms with Crippen LogP contribution in [0.5, 0.6) is 11.5 Å². The van der Waals surface area contributed by atoms with E-state index >= 15 is 0 Å². The van der Waals surface area contributed by atoms with E-state index in [1.807, 2.05) is 0 Å². The number of carbonyl (C=O) groups is 2. The third kappa shape index (κ3) is 4.36. The van der Waals surface area contributed by atoms with Gasteiger partial charge in [0.1, 0.15) is 11.5 Å². The average Bonchev–Trinajstić information content (AvgIpc) is 2.99. The predicted octanol–water partition coefficient (Wildman–Crippen LogP) is 2.09. The van der Waals surface area contributed by atoms with Gasteiger partial charge in [-0.05, 0) is 30.7 Å². The van der Waals surface area contributed by atoms with Crippen molar-refractivity contribution in [3.8, 4) is 11.5 Å². The molecule has 1 fully saturated rings. The average molecular weight is 369 g/mol. The Bertz CT molecular complexity index is 788. The van der Waals surface area contributed by atoms with Crippen molar-refractivity contribution >= 4 is 11.8 Å². The molecule has 0 bridgehead atoms. The fraction of sp³-hybridized carbons (Fsp3) is 0.350. The van der Waals surface area contributed by atoms with Crippen molar-refractivity contribution in [2.24, 2.45) is 0 Å². The van der Waals surface area contributed by atoms with Gasteiger partial charge in [-0.3, -0.25) is 14.6 Å². The Balaban J connectivity index is 1.71. The second-order valence-electron chi connectivity index (χ2n) is 6.28. The largest absolute Gasteiger partial charge is 0.497 e. The summed E-state index contributed by atoms with van der Waals surface area (Å²) in [6.07, 6.45) is 3.93. The minimum Gasteiger partial charge on any atom is -0.497 e. The molecule has 7 heteroatoms. The van der Waals surface area contributed by atoms with Crippen molar-refractivity contribution in [3.05, 3.63) is 53.9 Å². The van der Waals surface area contributed by atoms with Crippen molar-refractivity contribution in [2.75, 3.05) is 40.4 Å². The van der Waals surface area contributed by atoms with E-state index in [-0.39, 0.29) is 11.8 Å². The Morgan fingerprint density at radius 2 is 1.48 bits per heavy atom. The lowest BCUT2D eigenvalue weighted by Crippen LogP contribution is -2.37. The first-order valence-corrected chi connectivity index (χ1v) is 8.84. The number of amides is 2. The van der Waals surface area contributed by atoms with Gasteiger partial charge in [-0.1, -0.05) is 0 Å². The summed E-state index contributed by atoms with van der Waals surface area (Å²) in [6.45, 7) is 2.17. The van der Waals surface area contributed by atoms with Crippen LogP contribution in [0.2, 0.25) is 0 Å². The number of methoxy groups -OCH3 is 2. The second-order valence-corrected chi connectivity index (χ2v) is 6.28. The Morgan fingerprint density at radius 3 is 2.00 bits per heavy atom. The van der Waals surface area contributed by atoms with Crippen LogP contribution >= 0.6 is 0 Å². The predicted molar refractivity (Wildman–Crippen MR) is 100 cm³/mol. The molecule has 1 aromatic heterocycles. The van der Waals surface area contributed by atoms with Gasteiger partial charge in [0, 0.05) is 50.2 Å². The Hall–Kier alpha value is -3.09. The summed E-state index contributed by atoms with van der Waals surface area (Å²) in [6, 6.07) is 8.64. The van der Waals surface area contributed by atoms with Crippen molar-refractivity contribution in [1.82, 2.24) is 14.8 Å². The molecule has 1 aromatic carbocycles. The quantitative estimate of drug-likeness (QED) is 0.825. The van der Waals surface area contributed by atoms with Gasteiger partial charge in [0.05, 0.1) is 19.8 Å². The highest BCUT2D eigenvalue weighted by atomic mass is 16.5. The minimum atomic E-state index is -0.0946. The molecule has 0 atom stereocenters. The number of rotatable bonds is 4. The van der Waals surface area contributed by atoms with Crippen LogP contribution in [0.1, 0.15) is 27.1 Å². The van der Waals surface area contributed by atoms with Crippen molar-refractivity contribution in [2.45, 2.75) is 6.42 Å². The van der Waals surface area contributed by atoms with E-state index in [2.05, 4.69) is 4.98 Å². The standard InChI is InChI=1S/C20H23N3O4/c1-26-17-11-16(12-18(13-17)27-2)20(25)23-8-4-7-22(9-10-23)19(24)15-5-3-6-21-14-15/h3,5-6,11-14H,4,7-10H2,1-2H3. The van der Waals surface area contributed by atoms with Gasteiger partial charge in [0.25, 0.3) is 11.8 Å². The van der Waals surface area contributed by atoms with Crippen LogP contribution in [0.25, 0.3) is 0 Å². The van der Waals surface area contributed by atoms with Crippen molar-refractivity contribution in [1.29, 1.82) is 0 Å². The van der Waals surface area contributed by atoms with Gasteiger partial charge in [0.2, 0.25) is 0 Å². The van der Waals surface area contributed by atoms with Crippen molar-refractivity contribution < 1.29 is 19.1 Å². The number of aromatic nitrogens is 1. The summed E-state index contributed by atoms with van der Waals surface area (Å²) >= 11 is 0. The summed E-state index contributed by atoms with van der Waals surface area (Å²) in [5, 5.41) is 0. The highest BCUT2D eigenvalue weighted by Gasteiger charge is 2.24. The minimum absolute atomic E-state index is 0.0551. The lowest BCUT2D eigenvalue weighted by Gasteiger charge is -2.22. The van der Waals surface area contributed by atoms with Gasteiger partial charge in [-0.15, -0.1) is 0 Å². The molecule has 1 saturated heterocycles. The molecular formula is C20H23N3O4. The number of hydrogen-bond acceptors (Lipinski definition) is 5. The molecule has 0 aliphatic carbocycles. The van der Waals surface area contributed by atoms with Gasteiger partial charge < -0.3 is 19.3 Å². The highest BCUT2D eigenvalue weighted by molar-refractivity contribution is 5.96. The zero-order valence-corrected chi connectivity index (χ0v) is 15.6. The molecule has 0 spiro atoms. The molecule has 0 radical (unpaired) electrons. The molecular weight excluding hydrogens is 346 g/mol. The topological polar surface area (TPSA) is 72.0 Å². The number of hydrogen-bond donors (Lipinski definition) is 0. The molecule has 2 amide bonds. The third-order valence-corrected chi connectivity index (χ3v) is 4.58. The zero-order valence-electron chi connectivity index (χ0n) is 15.6. The second kappa shape index (κ2) is 8.53. The maximum absolute atomic E-state index is 12.9. The normalized spacial score (nSPS) is 14.4. The number of benzene rings is 1. The SMILES string of the molecule is COc1cc(OC)cc(C(=O)N2CCCN(C(=O)c3cccnc3)CC2)c1. The lowest BCUT2D eigenvalue weighted by molar-refractivity contribution is 0.0718. The van der Waals surface area contributed by atoms with Crippen LogP contribution in [-0.4, -0.2) is 67.0 Å². The molecule has 27 heavy (non-hydrogen) atoms. The van der Waals surface area contributed by atoms with E-state index in [1.54, 1.807) is 66.7 Å². The Kier molecular flexibility index (Phi) is 5.90. The van der Waals surface area contributed by atoms with Gasteiger partial charge in [-0.2, -0.15) is 0 Å². The lowest BCUT2D eigenvalue weighted by atomic mass is 10.1. The maximum atomic E-state index is 12.9. The first-order valence-electron chi connectivity index (χ1n) is 8.84. The van der Waals surface area contributed by atoms with Crippen LogP contribution in [0.4, 0.5) is 0 Å². The molecule has 0 N–H and O–H groups in total. The molecule has 1 aliphatic heterocycles. The molecule has 3 rings (SSSR count). The number of carbonyl (C=O) groups excluding carboxylic acids is 2. The molecule has 2 aromatic rings. The molecule has 0 saturated carbocycles. The zero-order chi connectivity index (χ0) is 19.2.